The molecule has 1 N–H and O–H groups in total. The molecule has 1 aromatic heterocycles. The molecule has 0 saturated carbocycles. The first-order valence-corrected chi connectivity index (χ1v) is 8.85. The van der Waals surface area contributed by atoms with E-state index in [1.165, 1.54) is 12.5 Å². The maximum absolute atomic E-state index is 11.1. The molecule has 2 atom stereocenters. The molecule has 2 rings (SSSR count). The molecule has 0 aliphatic carbocycles. The van der Waals surface area contributed by atoms with Crippen LogP contribution in [-0.2, 0) is 16.0 Å². The van der Waals surface area contributed by atoms with E-state index in [-0.39, 0.29) is 18.1 Å². The van der Waals surface area contributed by atoms with Crippen molar-refractivity contribution in [3.05, 3.63) is 42.2 Å². The van der Waals surface area contributed by atoms with E-state index in [0.29, 0.717) is 12.6 Å². The fourth-order valence-corrected chi connectivity index (χ4v) is 2.68. The average molecular weight is 357 g/mol. The van der Waals surface area contributed by atoms with Crippen molar-refractivity contribution in [1.82, 2.24) is 15.3 Å². The van der Waals surface area contributed by atoms with Crippen molar-refractivity contribution >= 4 is 5.91 Å². The number of nitrogens with one attached hydrogen (secondary N) is 1. The molecule has 2 aromatic rings. The second kappa shape index (κ2) is 9.87. The second-order valence-corrected chi connectivity index (χ2v) is 6.36. The molecule has 140 valence electrons. The lowest BCUT2D eigenvalue weighted by Crippen LogP contribution is -2.31. The van der Waals surface area contributed by atoms with Crippen LogP contribution in [0.5, 0.6) is 6.01 Å². The highest BCUT2D eigenvalue weighted by atomic mass is 16.5. The summed E-state index contributed by atoms with van der Waals surface area (Å²) in [5.74, 6) is -0.00983. The minimum atomic E-state index is -0.0456. The van der Waals surface area contributed by atoms with Crippen LogP contribution in [0, 0.1) is 0 Å². The topological polar surface area (TPSA) is 73.3 Å². The summed E-state index contributed by atoms with van der Waals surface area (Å²) in [6.07, 6.45) is 5.10. The summed E-state index contributed by atoms with van der Waals surface area (Å²) in [6, 6.07) is 8.66. The lowest BCUT2D eigenvalue weighted by molar-refractivity contribution is -0.119. The summed E-state index contributed by atoms with van der Waals surface area (Å²) < 4.78 is 10.8. The van der Waals surface area contributed by atoms with Crippen molar-refractivity contribution in [1.29, 1.82) is 0 Å². The van der Waals surface area contributed by atoms with Gasteiger partial charge in [0.2, 0.25) is 5.91 Å². The van der Waals surface area contributed by atoms with Crippen LogP contribution in [0.25, 0.3) is 11.1 Å². The minimum Gasteiger partial charge on any atom is -0.458 e. The van der Waals surface area contributed by atoms with Gasteiger partial charge in [0.15, 0.2) is 0 Å². The maximum Gasteiger partial charge on any atom is 0.316 e. The third-order valence-corrected chi connectivity index (χ3v) is 3.99. The number of methoxy groups -OCH3 is 1. The molecule has 1 aromatic carbocycles. The van der Waals surface area contributed by atoms with Gasteiger partial charge in [-0.3, -0.25) is 4.79 Å². The van der Waals surface area contributed by atoms with Gasteiger partial charge in [-0.2, -0.15) is 0 Å². The summed E-state index contributed by atoms with van der Waals surface area (Å²) in [5, 5.41) is 2.89. The van der Waals surface area contributed by atoms with Gasteiger partial charge in [-0.15, -0.1) is 0 Å². The first-order chi connectivity index (χ1) is 12.5. The van der Waals surface area contributed by atoms with Crippen LogP contribution in [0.2, 0.25) is 0 Å². The number of nitrogens with zero attached hydrogens (tertiary/aromatic N) is 2. The molecule has 0 fully saturated rings. The van der Waals surface area contributed by atoms with E-state index in [1.807, 2.05) is 26.0 Å². The van der Waals surface area contributed by atoms with Crippen LogP contribution >= 0.6 is 0 Å². The number of aromatic nitrogens is 2. The van der Waals surface area contributed by atoms with Gasteiger partial charge >= 0.3 is 6.01 Å². The quantitative estimate of drug-likeness (QED) is 0.747. The number of amides is 1. The standard InChI is InChI=1S/C20H27N3O3/c1-5-19(13-25-4)26-20-21-11-18(12-22-20)17-8-6-16(7-9-17)10-14(2)23-15(3)24/h6-9,11-12,14,19H,5,10,13H2,1-4H3,(H,23,24). The van der Waals surface area contributed by atoms with E-state index in [2.05, 4.69) is 27.4 Å². The van der Waals surface area contributed by atoms with E-state index < -0.39 is 0 Å². The third kappa shape index (κ3) is 6.11. The van der Waals surface area contributed by atoms with Gasteiger partial charge in [0.05, 0.1) is 6.61 Å². The van der Waals surface area contributed by atoms with E-state index in [1.54, 1.807) is 19.5 Å². The summed E-state index contributed by atoms with van der Waals surface area (Å²) in [4.78, 5) is 19.7. The van der Waals surface area contributed by atoms with E-state index >= 15 is 0 Å². The highest BCUT2D eigenvalue weighted by Gasteiger charge is 2.10. The number of benzene rings is 1. The molecule has 26 heavy (non-hydrogen) atoms. The third-order valence-electron chi connectivity index (χ3n) is 3.99. The first-order valence-electron chi connectivity index (χ1n) is 8.85. The fraction of sp³-hybridized carbons (Fsp3) is 0.450. The van der Waals surface area contributed by atoms with Crippen molar-refractivity contribution in [3.63, 3.8) is 0 Å². The van der Waals surface area contributed by atoms with Gasteiger partial charge in [0, 0.05) is 38.0 Å². The number of ether oxygens (including phenoxy) is 2. The Bertz CT molecular complexity index is 686. The summed E-state index contributed by atoms with van der Waals surface area (Å²) >= 11 is 0. The van der Waals surface area contributed by atoms with Crippen LogP contribution in [-0.4, -0.2) is 41.7 Å². The largest absolute Gasteiger partial charge is 0.458 e. The van der Waals surface area contributed by atoms with Gasteiger partial charge in [0.25, 0.3) is 0 Å². The van der Waals surface area contributed by atoms with Crippen molar-refractivity contribution in [2.75, 3.05) is 13.7 Å². The van der Waals surface area contributed by atoms with Crippen molar-refractivity contribution in [2.24, 2.45) is 0 Å². The number of carbonyl (C=O) groups excluding carboxylic acids is 1. The summed E-state index contributed by atoms with van der Waals surface area (Å²) in [7, 11) is 1.65. The first kappa shape index (κ1) is 19.8. The Morgan fingerprint density at radius 1 is 1.15 bits per heavy atom. The molecular weight excluding hydrogens is 330 g/mol. The monoisotopic (exact) mass is 357 g/mol. The molecular formula is C20H27N3O3. The zero-order chi connectivity index (χ0) is 18.9. The van der Waals surface area contributed by atoms with Crippen LogP contribution in [0.15, 0.2) is 36.7 Å². The normalized spacial score (nSPS) is 13.1. The molecule has 0 radical (unpaired) electrons. The maximum atomic E-state index is 11.1. The van der Waals surface area contributed by atoms with Gasteiger partial charge < -0.3 is 14.8 Å². The molecule has 0 spiro atoms. The molecule has 6 heteroatoms. The molecule has 2 unspecified atom stereocenters. The Morgan fingerprint density at radius 2 is 1.81 bits per heavy atom. The lowest BCUT2D eigenvalue weighted by Gasteiger charge is -2.15. The number of carbonyl (C=O) groups is 1. The number of hydrogen-bond donors (Lipinski definition) is 1. The van der Waals surface area contributed by atoms with Crippen LogP contribution in [0.4, 0.5) is 0 Å². The molecule has 1 heterocycles. The minimum absolute atomic E-state index is 0.00983. The molecule has 0 aliphatic rings. The highest BCUT2D eigenvalue weighted by Crippen LogP contribution is 2.20. The molecule has 0 aliphatic heterocycles. The van der Waals surface area contributed by atoms with Gasteiger partial charge in [-0.05, 0) is 30.9 Å². The lowest BCUT2D eigenvalue weighted by atomic mass is 10.0. The average Bonchev–Trinajstić information content (AvgIpc) is 2.62. The molecule has 0 bridgehead atoms. The second-order valence-electron chi connectivity index (χ2n) is 6.36. The Kier molecular flexibility index (Phi) is 7.53. The molecule has 6 nitrogen and oxygen atoms in total. The van der Waals surface area contributed by atoms with Gasteiger partial charge in [-0.1, -0.05) is 31.2 Å². The number of rotatable bonds is 9. The Labute approximate surface area is 155 Å². The Hall–Kier alpha value is -2.47. The summed E-state index contributed by atoms with van der Waals surface area (Å²) in [6.45, 7) is 6.08. The van der Waals surface area contributed by atoms with E-state index in [9.17, 15) is 4.79 Å². The fourth-order valence-electron chi connectivity index (χ4n) is 2.68. The van der Waals surface area contributed by atoms with Gasteiger partial charge in [-0.25, -0.2) is 9.97 Å². The highest BCUT2D eigenvalue weighted by molar-refractivity contribution is 5.73. The van der Waals surface area contributed by atoms with E-state index in [0.717, 1.165) is 24.0 Å². The van der Waals surface area contributed by atoms with Crippen LogP contribution < -0.4 is 10.1 Å². The van der Waals surface area contributed by atoms with Crippen LogP contribution in [0.3, 0.4) is 0 Å². The zero-order valence-electron chi connectivity index (χ0n) is 15.9. The Balaban J connectivity index is 1.99. The predicted molar refractivity (Wildman–Crippen MR) is 101 cm³/mol. The molecule has 1 amide bonds. The van der Waals surface area contributed by atoms with Crippen molar-refractivity contribution in [2.45, 2.75) is 45.8 Å². The van der Waals surface area contributed by atoms with E-state index in [4.69, 9.17) is 9.47 Å². The predicted octanol–water partition coefficient (Wildman–Crippen LogP) is 3.01. The van der Waals surface area contributed by atoms with Gasteiger partial charge in [0.1, 0.15) is 6.10 Å². The van der Waals surface area contributed by atoms with Crippen molar-refractivity contribution < 1.29 is 14.3 Å². The zero-order valence-corrected chi connectivity index (χ0v) is 15.9. The smallest absolute Gasteiger partial charge is 0.316 e. The summed E-state index contributed by atoms with van der Waals surface area (Å²) in [5.41, 5.74) is 3.14. The molecule has 0 saturated heterocycles. The number of hydrogen-bond acceptors (Lipinski definition) is 5. The SMILES string of the molecule is CCC(COC)Oc1ncc(-c2ccc(CC(C)NC(C)=O)cc2)cn1. The Morgan fingerprint density at radius 3 is 2.35 bits per heavy atom. The van der Waals surface area contributed by atoms with Crippen molar-refractivity contribution in [3.8, 4) is 17.1 Å². The van der Waals surface area contributed by atoms with Crippen LogP contribution in [0.1, 0.15) is 32.8 Å².